The second-order valence-corrected chi connectivity index (χ2v) is 6.37. The summed E-state index contributed by atoms with van der Waals surface area (Å²) in [6, 6.07) is 9.03. The quantitative estimate of drug-likeness (QED) is 0.784. The molecule has 4 rings (SSSR count). The van der Waals surface area contributed by atoms with Crippen molar-refractivity contribution in [2.75, 3.05) is 13.1 Å². The van der Waals surface area contributed by atoms with Crippen LogP contribution in [0.25, 0.3) is 5.69 Å². The highest BCUT2D eigenvalue weighted by atomic mass is 15.2. The Balaban J connectivity index is 1.66. The second kappa shape index (κ2) is 6.61. The lowest BCUT2D eigenvalue weighted by Gasteiger charge is -2.35. The number of imidazole rings is 2. The molecule has 5 nitrogen and oxygen atoms in total. The number of aromatic amines is 1. The van der Waals surface area contributed by atoms with Gasteiger partial charge in [0.25, 0.3) is 0 Å². The zero-order valence-corrected chi connectivity index (χ0v) is 14.0. The van der Waals surface area contributed by atoms with Gasteiger partial charge in [-0.2, -0.15) is 0 Å². The molecule has 5 heteroatoms. The highest BCUT2D eigenvalue weighted by molar-refractivity contribution is 5.39. The summed E-state index contributed by atoms with van der Waals surface area (Å²) in [6.45, 7) is 4.46. The molecule has 0 spiro atoms. The van der Waals surface area contributed by atoms with Crippen LogP contribution in [0.5, 0.6) is 0 Å². The number of nitrogens with one attached hydrogen (secondary N) is 1. The van der Waals surface area contributed by atoms with Crippen LogP contribution in [0.1, 0.15) is 42.8 Å². The van der Waals surface area contributed by atoms with Crippen molar-refractivity contribution in [1.29, 1.82) is 0 Å². The maximum atomic E-state index is 4.63. The summed E-state index contributed by atoms with van der Waals surface area (Å²) < 4.78 is 2.03. The molecule has 0 bridgehead atoms. The topological polar surface area (TPSA) is 49.7 Å². The molecular formula is C19H23N5. The third-order valence-corrected chi connectivity index (χ3v) is 4.84. The fourth-order valence-electron chi connectivity index (χ4n) is 3.54. The Morgan fingerprint density at radius 2 is 2.12 bits per heavy atom. The first-order chi connectivity index (χ1) is 11.9. The van der Waals surface area contributed by atoms with Gasteiger partial charge < -0.3 is 9.55 Å². The summed E-state index contributed by atoms with van der Waals surface area (Å²) in [7, 11) is 0. The van der Waals surface area contributed by atoms with E-state index in [2.05, 4.69) is 51.0 Å². The number of rotatable bonds is 5. The van der Waals surface area contributed by atoms with Gasteiger partial charge >= 0.3 is 0 Å². The van der Waals surface area contributed by atoms with Crippen LogP contribution < -0.4 is 0 Å². The molecule has 1 atom stereocenters. The normalized spacial score (nSPS) is 17.8. The van der Waals surface area contributed by atoms with E-state index in [1.54, 1.807) is 6.20 Å². The van der Waals surface area contributed by atoms with E-state index < -0.39 is 0 Å². The lowest BCUT2D eigenvalue weighted by Crippen LogP contribution is -2.37. The van der Waals surface area contributed by atoms with Crippen molar-refractivity contribution < 1.29 is 0 Å². The summed E-state index contributed by atoms with van der Waals surface area (Å²) in [5, 5.41) is 0. The van der Waals surface area contributed by atoms with E-state index in [9.17, 15) is 0 Å². The molecule has 1 aliphatic heterocycles. The first kappa shape index (κ1) is 15.1. The average molecular weight is 321 g/mol. The summed E-state index contributed by atoms with van der Waals surface area (Å²) in [5.41, 5.74) is 4.91. The van der Waals surface area contributed by atoms with Gasteiger partial charge in [0.15, 0.2) is 0 Å². The minimum Gasteiger partial charge on any atom is -0.348 e. The lowest BCUT2D eigenvalue weighted by molar-refractivity contribution is 0.206. The van der Waals surface area contributed by atoms with Gasteiger partial charge in [-0.25, -0.2) is 9.97 Å². The van der Waals surface area contributed by atoms with E-state index >= 15 is 0 Å². The van der Waals surface area contributed by atoms with Crippen LogP contribution in [0.2, 0.25) is 0 Å². The molecule has 2 aromatic heterocycles. The summed E-state index contributed by atoms with van der Waals surface area (Å²) in [5.74, 6) is 0. The van der Waals surface area contributed by atoms with E-state index in [1.807, 2.05) is 23.4 Å². The second-order valence-electron chi connectivity index (χ2n) is 6.37. The predicted octanol–water partition coefficient (Wildman–Crippen LogP) is 3.34. The molecule has 1 aliphatic rings. The van der Waals surface area contributed by atoms with Gasteiger partial charge in [0, 0.05) is 36.7 Å². The SMILES string of the molecule is CCCCN1CCc2[nH]cnc2[C@@H]1c1ccc(-n2ccnc2)cc1. The molecule has 0 amide bonds. The number of nitrogens with zero attached hydrogens (tertiary/aromatic N) is 4. The number of unbranched alkanes of at least 4 members (excludes halogenated alkanes) is 1. The van der Waals surface area contributed by atoms with Gasteiger partial charge in [0.2, 0.25) is 0 Å². The predicted molar refractivity (Wildman–Crippen MR) is 94.2 cm³/mol. The monoisotopic (exact) mass is 321 g/mol. The van der Waals surface area contributed by atoms with Gasteiger partial charge in [0.1, 0.15) is 0 Å². The van der Waals surface area contributed by atoms with Crippen molar-refractivity contribution in [1.82, 2.24) is 24.4 Å². The fourth-order valence-corrected chi connectivity index (χ4v) is 3.54. The van der Waals surface area contributed by atoms with E-state index in [0.717, 1.165) is 25.2 Å². The van der Waals surface area contributed by atoms with Crippen molar-refractivity contribution in [2.45, 2.75) is 32.2 Å². The molecule has 1 aromatic carbocycles. The lowest BCUT2D eigenvalue weighted by atomic mass is 9.95. The Labute approximate surface area is 142 Å². The number of fused-ring (bicyclic) bond motifs is 1. The molecule has 24 heavy (non-hydrogen) atoms. The Morgan fingerprint density at radius 3 is 2.88 bits per heavy atom. The largest absolute Gasteiger partial charge is 0.348 e. The number of hydrogen-bond acceptors (Lipinski definition) is 3. The van der Waals surface area contributed by atoms with Crippen molar-refractivity contribution in [3.8, 4) is 5.69 Å². The highest BCUT2D eigenvalue weighted by Gasteiger charge is 2.30. The first-order valence-electron chi connectivity index (χ1n) is 8.71. The smallest absolute Gasteiger partial charge is 0.0991 e. The zero-order valence-electron chi connectivity index (χ0n) is 14.0. The van der Waals surface area contributed by atoms with Crippen LogP contribution in [0.4, 0.5) is 0 Å². The molecule has 3 aromatic rings. The van der Waals surface area contributed by atoms with Gasteiger partial charge in [-0.3, -0.25) is 4.90 Å². The maximum absolute atomic E-state index is 4.63. The van der Waals surface area contributed by atoms with E-state index in [-0.39, 0.29) is 6.04 Å². The molecular weight excluding hydrogens is 298 g/mol. The summed E-state index contributed by atoms with van der Waals surface area (Å²) in [4.78, 5) is 14.6. The maximum Gasteiger partial charge on any atom is 0.0991 e. The highest BCUT2D eigenvalue weighted by Crippen LogP contribution is 2.33. The van der Waals surface area contributed by atoms with E-state index in [0.29, 0.717) is 0 Å². The van der Waals surface area contributed by atoms with Crippen molar-refractivity contribution in [3.63, 3.8) is 0 Å². The number of H-pyrrole nitrogens is 1. The van der Waals surface area contributed by atoms with Crippen molar-refractivity contribution in [2.24, 2.45) is 0 Å². The molecule has 0 saturated heterocycles. The van der Waals surface area contributed by atoms with Gasteiger partial charge in [-0.15, -0.1) is 0 Å². The van der Waals surface area contributed by atoms with Crippen LogP contribution in [0.3, 0.4) is 0 Å². The molecule has 0 radical (unpaired) electrons. The van der Waals surface area contributed by atoms with Gasteiger partial charge in [-0.1, -0.05) is 25.5 Å². The zero-order chi connectivity index (χ0) is 16.4. The fraction of sp³-hybridized carbons (Fsp3) is 0.368. The molecule has 0 fully saturated rings. The van der Waals surface area contributed by atoms with Crippen molar-refractivity contribution >= 4 is 0 Å². The molecule has 0 saturated carbocycles. The van der Waals surface area contributed by atoms with Crippen LogP contribution in [0.15, 0.2) is 49.3 Å². The minimum absolute atomic E-state index is 0.253. The summed E-state index contributed by atoms with van der Waals surface area (Å²) in [6.07, 6.45) is 10.9. The minimum atomic E-state index is 0.253. The molecule has 0 aliphatic carbocycles. The third kappa shape index (κ3) is 2.76. The molecule has 0 unspecified atom stereocenters. The van der Waals surface area contributed by atoms with Gasteiger partial charge in [0.05, 0.1) is 24.4 Å². The van der Waals surface area contributed by atoms with Crippen molar-refractivity contribution in [3.05, 3.63) is 66.3 Å². The summed E-state index contributed by atoms with van der Waals surface area (Å²) >= 11 is 0. The molecule has 124 valence electrons. The Bertz CT molecular complexity index is 772. The van der Waals surface area contributed by atoms with Crippen LogP contribution in [0, 0.1) is 0 Å². The molecule has 3 heterocycles. The van der Waals surface area contributed by atoms with Crippen LogP contribution >= 0.6 is 0 Å². The Kier molecular flexibility index (Phi) is 4.17. The third-order valence-electron chi connectivity index (χ3n) is 4.84. The van der Waals surface area contributed by atoms with Gasteiger partial charge in [-0.05, 0) is 30.7 Å². The average Bonchev–Trinajstić information content (AvgIpc) is 3.31. The number of benzene rings is 1. The number of hydrogen-bond donors (Lipinski definition) is 1. The standard InChI is InChI=1S/C19H23N5/c1-2-3-10-23-11-8-17-18(22-13-21-17)19(23)15-4-6-16(7-5-15)24-12-9-20-14-24/h4-7,9,12-14,19H,2-3,8,10-11H2,1H3,(H,21,22)/t19-/m0/s1. The Morgan fingerprint density at radius 1 is 1.25 bits per heavy atom. The Hall–Kier alpha value is -2.40. The van der Waals surface area contributed by atoms with Crippen LogP contribution in [-0.4, -0.2) is 37.5 Å². The number of aromatic nitrogens is 4. The molecule has 1 N–H and O–H groups in total. The van der Waals surface area contributed by atoms with E-state index in [1.165, 1.54) is 29.8 Å². The van der Waals surface area contributed by atoms with Crippen LogP contribution in [-0.2, 0) is 6.42 Å². The van der Waals surface area contributed by atoms with E-state index in [4.69, 9.17) is 0 Å². The first-order valence-corrected chi connectivity index (χ1v) is 8.71.